The summed E-state index contributed by atoms with van der Waals surface area (Å²) in [6, 6.07) is 14.2. The van der Waals surface area contributed by atoms with Crippen LogP contribution in [0.5, 0.6) is 5.75 Å². The van der Waals surface area contributed by atoms with Gasteiger partial charge in [-0.25, -0.2) is 0 Å². The van der Waals surface area contributed by atoms with Crippen molar-refractivity contribution in [3.8, 4) is 11.8 Å². The zero-order valence-electron chi connectivity index (χ0n) is 16.9. The lowest BCUT2D eigenvalue weighted by molar-refractivity contribution is -0.274. The molecule has 1 fully saturated rings. The minimum atomic E-state index is -4.81. The number of hydrogen-bond donors (Lipinski definition) is 2. The van der Waals surface area contributed by atoms with Gasteiger partial charge in [-0.1, -0.05) is 12.1 Å². The molecule has 0 unspecified atom stereocenters. The highest BCUT2D eigenvalue weighted by atomic mass is 19.4. The minimum Gasteiger partial charge on any atom is -0.406 e. The summed E-state index contributed by atoms with van der Waals surface area (Å²) in [4.78, 5) is 12.9. The lowest BCUT2D eigenvalue weighted by atomic mass is 9.80. The number of ether oxygens (including phenoxy) is 1. The molecule has 0 saturated heterocycles. The van der Waals surface area contributed by atoms with Gasteiger partial charge >= 0.3 is 6.36 Å². The van der Waals surface area contributed by atoms with Crippen LogP contribution in [0.4, 0.5) is 13.2 Å². The number of alkyl halides is 3. The van der Waals surface area contributed by atoms with Gasteiger partial charge in [0.05, 0.1) is 17.2 Å². The Kier molecular flexibility index (Phi) is 5.57. The maximum absolute atomic E-state index is 12.9. The summed E-state index contributed by atoms with van der Waals surface area (Å²) in [7, 11) is 0. The number of nitrogens with one attached hydrogen (secondary N) is 1. The lowest BCUT2D eigenvalue weighted by Crippen LogP contribution is -2.48. The fraction of sp³-hybridized carbons (Fsp3) is 0.304. The number of amides is 1. The first-order valence-corrected chi connectivity index (χ1v) is 10.0. The van der Waals surface area contributed by atoms with E-state index >= 15 is 0 Å². The Balaban J connectivity index is 1.67. The first-order chi connectivity index (χ1) is 15.2. The van der Waals surface area contributed by atoms with E-state index in [1.54, 1.807) is 34.9 Å². The number of nitrogens with zero attached hydrogens (tertiary/aromatic N) is 2. The van der Waals surface area contributed by atoms with E-state index in [1.165, 1.54) is 18.2 Å². The lowest BCUT2D eigenvalue weighted by Gasteiger charge is -2.36. The Labute approximate surface area is 181 Å². The highest BCUT2D eigenvalue weighted by molar-refractivity contribution is 5.99. The number of fused-ring (bicyclic) bond motifs is 1. The van der Waals surface area contributed by atoms with E-state index in [4.69, 9.17) is 0 Å². The van der Waals surface area contributed by atoms with Crippen LogP contribution in [0.3, 0.4) is 0 Å². The van der Waals surface area contributed by atoms with E-state index in [1.807, 2.05) is 0 Å². The van der Waals surface area contributed by atoms with Crippen molar-refractivity contribution in [3.05, 3.63) is 65.4 Å². The van der Waals surface area contributed by atoms with Gasteiger partial charge in [-0.3, -0.25) is 4.79 Å². The number of aromatic nitrogens is 1. The maximum Gasteiger partial charge on any atom is 0.573 e. The van der Waals surface area contributed by atoms with Crippen LogP contribution < -0.4 is 10.1 Å². The smallest absolute Gasteiger partial charge is 0.406 e. The third-order valence-corrected chi connectivity index (χ3v) is 5.60. The number of carbonyl (C=O) groups is 1. The molecule has 1 aromatic heterocycles. The average Bonchev–Trinajstić information content (AvgIpc) is 3.07. The zero-order chi connectivity index (χ0) is 22.9. The van der Waals surface area contributed by atoms with Gasteiger partial charge in [-0.15, -0.1) is 13.2 Å². The van der Waals surface area contributed by atoms with Crippen LogP contribution in [-0.2, 0) is 6.54 Å². The summed E-state index contributed by atoms with van der Waals surface area (Å²) < 4.78 is 43.4. The second-order valence-corrected chi connectivity index (χ2v) is 7.96. The molecule has 1 saturated carbocycles. The Bertz CT molecular complexity index is 1210. The summed E-state index contributed by atoms with van der Waals surface area (Å²) >= 11 is 0. The maximum atomic E-state index is 12.9. The molecule has 0 radical (unpaired) electrons. The second kappa shape index (κ2) is 8.20. The molecule has 0 bridgehead atoms. The molecule has 3 aromatic rings. The van der Waals surface area contributed by atoms with Crippen LogP contribution in [0.15, 0.2) is 48.5 Å². The standard InChI is InChI=1S/C23H20F3N3O3/c24-23(25,26)32-18-4-1-3-16(10-18)13-29-19-6-5-15(12-27)9-17(19)11-20(29)21(30)28-14-22(31)7-2-8-22/h1,3-6,9-11,31H,2,7-8,13-14H2,(H,28,30). The molecule has 32 heavy (non-hydrogen) atoms. The quantitative estimate of drug-likeness (QED) is 0.601. The molecule has 1 amide bonds. The van der Waals surface area contributed by atoms with Crippen molar-refractivity contribution in [1.82, 2.24) is 9.88 Å². The highest BCUT2D eigenvalue weighted by Gasteiger charge is 2.35. The zero-order valence-corrected chi connectivity index (χ0v) is 16.9. The highest BCUT2D eigenvalue weighted by Crippen LogP contribution is 2.31. The van der Waals surface area contributed by atoms with Crippen molar-refractivity contribution in [2.75, 3.05) is 6.54 Å². The van der Waals surface area contributed by atoms with Crippen molar-refractivity contribution >= 4 is 16.8 Å². The minimum absolute atomic E-state index is 0.109. The van der Waals surface area contributed by atoms with Crippen molar-refractivity contribution in [2.24, 2.45) is 0 Å². The molecule has 1 aliphatic rings. The third-order valence-electron chi connectivity index (χ3n) is 5.60. The van der Waals surface area contributed by atoms with E-state index in [9.17, 15) is 28.3 Å². The van der Waals surface area contributed by atoms with Gasteiger partial charge in [0.2, 0.25) is 0 Å². The van der Waals surface area contributed by atoms with Crippen LogP contribution >= 0.6 is 0 Å². The van der Waals surface area contributed by atoms with E-state index in [0.717, 1.165) is 6.42 Å². The molecule has 2 aromatic carbocycles. The summed E-state index contributed by atoms with van der Waals surface area (Å²) in [5.74, 6) is -0.765. The topological polar surface area (TPSA) is 87.3 Å². The monoisotopic (exact) mass is 443 g/mol. The second-order valence-electron chi connectivity index (χ2n) is 7.96. The molecule has 1 aliphatic carbocycles. The van der Waals surface area contributed by atoms with Gasteiger partial charge in [0, 0.05) is 24.0 Å². The average molecular weight is 443 g/mol. The molecule has 166 valence electrons. The molecule has 0 atom stereocenters. The summed E-state index contributed by atoms with van der Waals surface area (Å²) in [6.45, 7) is 0.225. The van der Waals surface area contributed by atoms with Gasteiger partial charge in [0.15, 0.2) is 0 Å². The van der Waals surface area contributed by atoms with Crippen molar-refractivity contribution in [2.45, 2.75) is 37.8 Å². The Morgan fingerprint density at radius 3 is 2.66 bits per heavy atom. The third kappa shape index (κ3) is 4.70. The predicted molar refractivity (Wildman–Crippen MR) is 110 cm³/mol. The SMILES string of the molecule is N#Cc1ccc2c(c1)cc(C(=O)NCC1(O)CCC1)n2Cc1cccc(OC(F)(F)F)c1. The number of rotatable bonds is 6. The molecule has 0 aliphatic heterocycles. The van der Waals surface area contributed by atoms with Gasteiger partial charge in [-0.2, -0.15) is 5.26 Å². The molecular weight excluding hydrogens is 423 g/mol. The number of carbonyl (C=O) groups excluding carboxylic acids is 1. The Morgan fingerprint density at radius 1 is 1.22 bits per heavy atom. The predicted octanol–water partition coefficient (Wildman–Crippen LogP) is 4.10. The van der Waals surface area contributed by atoms with Crippen molar-refractivity contribution < 1.29 is 27.8 Å². The Morgan fingerprint density at radius 2 is 2.00 bits per heavy atom. The normalized spacial score (nSPS) is 15.1. The van der Waals surface area contributed by atoms with Gasteiger partial charge in [0.25, 0.3) is 5.91 Å². The molecular formula is C23H20F3N3O3. The van der Waals surface area contributed by atoms with E-state index in [-0.39, 0.29) is 24.5 Å². The molecule has 0 spiro atoms. The van der Waals surface area contributed by atoms with Crippen molar-refractivity contribution in [1.29, 1.82) is 5.26 Å². The first-order valence-electron chi connectivity index (χ1n) is 10.0. The number of benzene rings is 2. The number of hydrogen-bond acceptors (Lipinski definition) is 4. The first kappa shape index (κ1) is 21.7. The van der Waals surface area contributed by atoms with Gasteiger partial charge in [-0.05, 0) is 61.2 Å². The Hall–Kier alpha value is -3.51. The molecule has 6 nitrogen and oxygen atoms in total. The van der Waals surface area contributed by atoms with Crippen LogP contribution in [0.25, 0.3) is 10.9 Å². The van der Waals surface area contributed by atoms with Crippen LogP contribution in [-0.4, -0.2) is 34.1 Å². The van der Waals surface area contributed by atoms with Crippen LogP contribution in [0, 0.1) is 11.3 Å². The molecule has 4 rings (SSSR count). The number of halogens is 3. The van der Waals surface area contributed by atoms with Gasteiger partial charge < -0.3 is 19.7 Å². The summed E-state index contributed by atoms with van der Waals surface area (Å²) in [6.07, 6.45) is -2.67. The number of nitriles is 1. The fourth-order valence-electron chi connectivity index (χ4n) is 3.82. The number of aliphatic hydroxyl groups is 1. The molecule has 1 heterocycles. The van der Waals surface area contributed by atoms with Crippen LogP contribution in [0.2, 0.25) is 0 Å². The van der Waals surface area contributed by atoms with E-state index in [0.29, 0.717) is 34.9 Å². The fourth-order valence-corrected chi connectivity index (χ4v) is 3.82. The van der Waals surface area contributed by atoms with Gasteiger partial charge in [0.1, 0.15) is 11.4 Å². The molecule has 9 heteroatoms. The van der Waals surface area contributed by atoms with Crippen LogP contribution in [0.1, 0.15) is 40.9 Å². The largest absolute Gasteiger partial charge is 0.573 e. The van der Waals surface area contributed by atoms with Crippen molar-refractivity contribution in [3.63, 3.8) is 0 Å². The van der Waals surface area contributed by atoms with E-state index < -0.39 is 17.9 Å². The van der Waals surface area contributed by atoms with E-state index in [2.05, 4.69) is 16.1 Å². The molecule has 2 N–H and O–H groups in total. The summed E-state index contributed by atoms with van der Waals surface area (Å²) in [5, 5.41) is 22.9. The summed E-state index contributed by atoms with van der Waals surface area (Å²) in [5.41, 5.74) is 0.953.